The molecule has 1 saturated heterocycles. The van der Waals surface area contributed by atoms with Gasteiger partial charge in [-0.25, -0.2) is 4.98 Å². The minimum absolute atomic E-state index is 0.00248. The van der Waals surface area contributed by atoms with Gasteiger partial charge in [0.1, 0.15) is 17.6 Å². The van der Waals surface area contributed by atoms with E-state index < -0.39 is 17.7 Å². The average molecular weight is 628 g/mol. The second kappa shape index (κ2) is 9.55. The van der Waals surface area contributed by atoms with Gasteiger partial charge in [-0.05, 0) is 82.5 Å². The summed E-state index contributed by atoms with van der Waals surface area (Å²) in [7, 11) is 1.40. The van der Waals surface area contributed by atoms with Crippen LogP contribution in [0.5, 0.6) is 17.2 Å². The van der Waals surface area contributed by atoms with E-state index in [1.165, 1.54) is 29.4 Å². The highest BCUT2D eigenvalue weighted by Crippen LogP contribution is 2.47. The van der Waals surface area contributed by atoms with Crippen LogP contribution in [-0.4, -0.2) is 40.1 Å². The van der Waals surface area contributed by atoms with Crippen LogP contribution in [0.25, 0.3) is 16.0 Å². The number of methoxy groups -OCH3 is 1. The maximum Gasteiger partial charge on any atom is 0.301 e. The molecular weight excluding hydrogens is 608 g/mol. The van der Waals surface area contributed by atoms with Crippen LogP contribution < -0.4 is 14.4 Å². The lowest BCUT2D eigenvalue weighted by atomic mass is 9.94. The highest BCUT2D eigenvalue weighted by Gasteiger charge is 2.48. The fourth-order valence-electron chi connectivity index (χ4n) is 4.97. The first-order valence-electron chi connectivity index (χ1n) is 11.9. The number of nitrogens with zero attached hydrogens (tertiary/aromatic N) is 2. The molecular formula is C28H20BrClN2O6S. The van der Waals surface area contributed by atoms with Gasteiger partial charge in [-0.1, -0.05) is 22.9 Å². The number of fused-ring (bicyclic) bond motifs is 2. The van der Waals surface area contributed by atoms with Gasteiger partial charge in [-0.15, -0.1) is 0 Å². The van der Waals surface area contributed by atoms with Crippen LogP contribution in [0, 0.1) is 0 Å². The van der Waals surface area contributed by atoms with Crippen molar-refractivity contribution in [3.05, 3.63) is 80.3 Å². The van der Waals surface area contributed by atoms with Gasteiger partial charge in [0.05, 0.1) is 33.4 Å². The smallest absolute Gasteiger partial charge is 0.301 e. The Morgan fingerprint density at radius 3 is 2.77 bits per heavy atom. The molecule has 0 aliphatic carbocycles. The third kappa shape index (κ3) is 4.23. The number of phenols is 1. The standard InChI is InChI=1S/C28H20BrClN2O6S/c1-12-7-14-8-13(3-6-19(14)38-12)24(33)22-23(15-9-17(29)25(34)20(10-15)37-2)32(27(36)26(22)35)28-31-18-5-4-16(30)11-21(18)39-28/h3-6,8-12,23,33-34H,7H2,1-2H3/t12-,23-/m0/s1. The number of aromatic nitrogens is 1. The molecule has 0 spiro atoms. The first-order chi connectivity index (χ1) is 18.7. The second-order valence-corrected chi connectivity index (χ2v) is 11.6. The number of anilines is 1. The van der Waals surface area contributed by atoms with Crippen LogP contribution in [-0.2, 0) is 16.0 Å². The van der Waals surface area contributed by atoms with Crippen LogP contribution in [0.4, 0.5) is 5.13 Å². The van der Waals surface area contributed by atoms with Crippen molar-refractivity contribution in [1.82, 2.24) is 4.98 Å². The molecule has 11 heteroatoms. The number of aromatic hydroxyl groups is 1. The number of ketones is 1. The summed E-state index contributed by atoms with van der Waals surface area (Å²) in [4.78, 5) is 33.0. The topological polar surface area (TPSA) is 109 Å². The molecule has 0 radical (unpaired) electrons. The number of hydrogen-bond donors (Lipinski definition) is 2. The summed E-state index contributed by atoms with van der Waals surface area (Å²) >= 11 is 10.7. The van der Waals surface area contributed by atoms with Gasteiger partial charge in [0.2, 0.25) is 0 Å². The average Bonchev–Trinajstić information content (AvgIpc) is 3.57. The summed E-state index contributed by atoms with van der Waals surface area (Å²) in [5.74, 6) is -1.31. The van der Waals surface area contributed by atoms with E-state index in [1.807, 2.05) is 6.92 Å². The molecule has 1 aromatic heterocycles. The van der Waals surface area contributed by atoms with E-state index in [0.717, 1.165) is 16.0 Å². The van der Waals surface area contributed by atoms with E-state index in [-0.39, 0.29) is 34.1 Å². The van der Waals surface area contributed by atoms with Gasteiger partial charge in [0, 0.05) is 17.0 Å². The van der Waals surface area contributed by atoms with Gasteiger partial charge in [-0.3, -0.25) is 14.5 Å². The number of hydrogen-bond acceptors (Lipinski definition) is 8. The van der Waals surface area contributed by atoms with Crippen molar-refractivity contribution in [1.29, 1.82) is 0 Å². The largest absolute Gasteiger partial charge is 0.507 e. The number of amides is 1. The summed E-state index contributed by atoms with van der Waals surface area (Å²) in [6.45, 7) is 1.95. The minimum Gasteiger partial charge on any atom is -0.507 e. The Kier molecular flexibility index (Phi) is 6.28. The van der Waals surface area contributed by atoms with Crippen LogP contribution in [0.15, 0.2) is 58.6 Å². The van der Waals surface area contributed by atoms with E-state index in [4.69, 9.17) is 21.1 Å². The van der Waals surface area contributed by atoms with Gasteiger partial charge < -0.3 is 19.7 Å². The van der Waals surface area contributed by atoms with Gasteiger partial charge in [0.15, 0.2) is 16.6 Å². The number of Topliss-reactive ketones (excluding diaryl/α,β-unsaturated/α-hetero) is 1. The molecule has 0 bridgehead atoms. The lowest BCUT2D eigenvalue weighted by Crippen LogP contribution is -2.29. The van der Waals surface area contributed by atoms with E-state index >= 15 is 0 Å². The summed E-state index contributed by atoms with van der Waals surface area (Å²) < 4.78 is 12.1. The van der Waals surface area contributed by atoms with Crippen LogP contribution >= 0.6 is 38.9 Å². The van der Waals surface area contributed by atoms with E-state index in [2.05, 4.69) is 20.9 Å². The number of thiazole rings is 1. The molecule has 1 amide bonds. The third-order valence-electron chi connectivity index (χ3n) is 6.75. The molecule has 8 nitrogen and oxygen atoms in total. The van der Waals surface area contributed by atoms with Crippen molar-refractivity contribution in [3.63, 3.8) is 0 Å². The summed E-state index contributed by atoms with van der Waals surface area (Å²) in [5.41, 5.74) is 2.21. The maximum absolute atomic E-state index is 13.6. The van der Waals surface area contributed by atoms with Gasteiger partial charge >= 0.3 is 5.91 Å². The maximum atomic E-state index is 13.6. The molecule has 3 aromatic carbocycles. The number of rotatable bonds is 4. The molecule has 2 aliphatic rings. The van der Waals surface area contributed by atoms with Crippen LogP contribution in [0.3, 0.4) is 0 Å². The molecule has 0 saturated carbocycles. The molecule has 2 N–H and O–H groups in total. The summed E-state index contributed by atoms with van der Waals surface area (Å²) in [6, 6.07) is 12.4. The SMILES string of the molecule is COc1cc([C@H]2C(=C(O)c3ccc4c(c3)C[C@H](C)O4)C(=O)C(=O)N2c2nc3ccc(Cl)cc3s2)cc(Br)c1O. The Hall–Kier alpha value is -3.60. The number of phenolic OH excluding ortho intramolecular Hbond substituents is 1. The Labute approximate surface area is 240 Å². The number of benzene rings is 3. The Balaban J connectivity index is 1.57. The Morgan fingerprint density at radius 1 is 1.21 bits per heavy atom. The van der Waals surface area contributed by atoms with Crippen molar-refractivity contribution in [2.45, 2.75) is 25.5 Å². The highest BCUT2D eigenvalue weighted by molar-refractivity contribution is 9.10. The minimum atomic E-state index is -1.06. The van der Waals surface area contributed by atoms with E-state index in [9.17, 15) is 19.8 Å². The number of ether oxygens (including phenoxy) is 2. The Bertz CT molecular complexity index is 1730. The monoisotopic (exact) mass is 626 g/mol. The zero-order valence-corrected chi connectivity index (χ0v) is 23.7. The molecule has 39 heavy (non-hydrogen) atoms. The van der Waals surface area contributed by atoms with Crippen LogP contribution in [0.2, 0.25) is 5.02 Å². The molecule has 198 valence electrons. The van der Waals surface area contributed by atoms with Crippen LogP contribution in [0.1, 0.15) is 29.7 Å². The molecule has 3 heterocycles. The number of carbonyl (C=O) groups excluding carboxylic acids is 2. The number of halogens is 2. The number of aliphatic hydroxyl groups excluding tert-OH is 1. The van der Waals surface area contributed by atoms with E-state index in [1.54, 1.807) is 42.5 Å². The van der Waals surface area contributed by atoms with Crippen molar-refractivity contribution in [2.75, 3.05) is 12.0 Å². The molecule has 6 rings (SSSR count). The second-order valence-electron chi connectivity index (χ2n) is 9.29. The van der Waals surface area contributed by atoms with Gasteiger partial charge in [0.25, 0.3) is 5.78 Å². The molecule has 2 atom stereocenters. The molecule has 2 aliphatic heterocycles. The first kappa shape index (κ1) is 25.7. The van der Waals surface area contributed by atoms with Crippen molar-refractivity contribution in [3.8, 4) is 17.2 Å². The quantitative estimate of drug-likeness (QED) is 0.154. The molecule has 1 fully saturated rings. The van der Waals surface area contributed by atoms with E-state index in [0.29, 0.717) is 32.6 Å². The predicted octanol–water partition coefficient (Wildman–Crippen LogP) is 6.38. The highest BCUT2D eigenvalue weighted by atomic mass is 79.9. The number of aliphatic hydroxyl groups is 1. The fourth-order valence-corrected chi connectivity index (χ4v) is 6.69. The number of carbonyl (C=O) groups is 2. The normalized spacial score (nSPS) is 19.9. The summed E-state index contributed by atoms with van der Waals surface area (Å²) in [5, 5.41) is 22.7. The summed E-state index contributed by atoms with van der Waals surface area (Å²) in [6.07, 6.45) is 0.655. The fraction of sp³-hybridized carbons (Fsp3) is 0.179. The van der Waals surface area contributed by atoms with Gasteiger partial charge in [-0.2, -0.15) is 0 Å². The Morgan fingerprint density at radius 2 is 2.00 bits per heavy atom. The van der Waals surface area contributed by atoms with Crippen molar-refractivity contribution < 1.29 is 29.3 Å². The first-order valence-corrected chi connectivity index (χ1v) is 13.9. The lowest BCUT2D eigenvalue weighted by molar-refractivity contribution is -0.132. The zero-order chi connectivity index (χ0) is 27.6. The lowest BCUT2D eigenvalue weighted by Gasteiger charge is -2.24. The third-order valence-corrected chi connectivity index (χ3v) is 8.60. The predicted molar refractivity (Wildman–Crippen MR) is 152 cm³/mol. The molecule has 4 aromatic rings. The van der Waals surface area contributed by atoms with Crippen molar-refractivity contribution in [2.24, 2.45) is 0 Å². The molecule has 0 unspecified atom stereocenters. The zero-order valence-electron chi connectivity index (χ0n) is 20.6. The van der Waals surface area contributed by atoms with Crippen molar-refractivity contribution >= 4 is 71.7 Å².